The maximum Gasteiger partial charge on any atom is 0.292 e. The zero-order valence-corrected chi connectivity index (χ0v) is 9.80. The summed E-state index contributed by atoms with van der Waals surface area (Å²) in [5.41, 5.74) is 7.06. The SMILES string of the molecule is Nc1nc2c(o1)CN(C(=O)c1ccccc1)CC2. The molecule has 1 aromatic heterocycles. The molecule has 0 aliphatic carbocycles. The Bertz CT molecular complexity index is 577. The summed E-state index contributed by atoms with van der Waals surface area (Å²) >= 11 is 0. The molecule has 2 aromatic rings. The Morgan fingerprint density at radius 2 is 2.11 bits per heavy atom. The monoisotopic (exact) mass is 243 g/mol. The van der Waals surface area contributed by atoms with E-state index in [9.17, 15) is 4.79 Å². The predicted molar refractivity (Wildman–Crippen MR) is 65.8 cm³/mol. The van der Waals surface area contributed by atoms with Gasteiger partial charge in [0.1, 0.15) is 5.76 Å². The van der Waals surface area contributed by atoms with Gasteiger partial charge in [-0.25, -0.2) is 0 Å². The Hall–Kier alpha value is -2.30. The summed E-state index contributed by atoms with van der Waals surface area (Å²) in [7, 11) is 0. The van der Waals surface area contributed by atoms with Crippen LogP contribution in [0.25, 0.3) is 0 Å². The molecule has 1 amide bonds. The first-order valence-corrected chi connectivity index (χ1v) is 5.82. The van der Waals surface area contributed by atoms with Gasteiger partial charge in [-0.1, -0.05) is 18.2 Å². The summed E-state index contributed by atoms with van der Waals surface area (Å²) in [6.07, 6.45) is 0.689. The summed E-state index contributed by atoms with van der Waals surface area (Å²) in [5, 5.41) is 0. The van der Waals surface area contributed by atoms with E-state index in [4.69, 9.17) is 10.2 Å². The van der Waals surface area contributed by atoms with Crippen LogP contribution in [-0.4, -0.2) is 22.3 Å². The molecule has 0 saturated heterocycles. The second kappa shape index (κ2) is 4.18. The minimum absolute atomic E-state index is 0.0104. The zero-order chi connectivity index (χ0) is 12.5. The van der Waals surface area contributed by atoms with E-state index in [1.165, 1.54) is 0 Å². The summed E-state index contributed by atoms with van der Waals surface area (Å²) in [6.45, 7) is 1.08. The fourth-order valence-corrected chi connectivity index (χ4v) is 2.15. The van der Waals surface area contributed by atoms with E-state index in [2.05, 4.69) is 4.98 Å². The van der Waals surface area contributed by atoms with Gasteiger partial charge in [0.05, 0.1) is 12.2 Å². The van der Waals surface area contributed by atoms with Gasteiger partial charge in [0.25, 0.3) is 11.9 Å². The van der Waals surface area contributed by atoms with Crippen LogP contribution in [0.2, 0.25) is 0 Å². The Labute approximate surface area is 104 Å². The van der Waals surface area contributed by atoms with Crippen LogP contribution < -0.4 is 5.73 Å². The van der Waals surface area contributed by atoms with Crippen molar-refractivity contribution in [2.45, 2.75) is 13.0 Å². The fraction of sp³-hybridized carbons (Fsp3) is 0.231. The predicted octanol–water partition coefficient (Wildman–Crippen LogP) is 1.46. The lowest BCUT2D eigenvalue weighted by Gasteiger charge is -2.25. The lowest BCUT2D eigenvalue weighted by Crippen LogP contribution is -2.35. The number of aromatic nitrogens is 1. The maximum atomic E-state index is 12.2. The number of fused-ring (bicyclic) bond motifs is 1. The number of carbonyl (C=O) groups is 1. The zero-order valence-electron chi connectivity index (χ0n) is 9.80. The highest BCUT2D eigenvalue weighted by atomic mass is 16.4. The number of nitrogens with zero attached hydrogens (tertiary/aromatic N) is 2. The van der Waals surface area contributed by atoms with Crippen molar-refractivity contribution in [3.8, 4) is 0 Å². The Kier molecular flexibility index (Phi) is 2.51. The number of amides is 1. The average molecular weight is 243 g/mol. The lowest BCUT2D eigenvalue weighted by molar-refractivity contribution is 0.0720. The van der Waals surface area contributed by atoms with Crippen LogP contribution in [0.5, 0.6) is 0 Å². The van der Waals surface area contributed by atoms with Crippen LogP contribution in [0.3, 0.4) is 0 Å². The number of oxazole rings is 1. The van der Waals surface area contributed by atoms with Crippen molar-refractivity contribution >= 4 is 11.9 Å². The van der Waals surface area contributed by atoms with Crippen LogP contribution in [0.15, 0.2) is 34.7 Å². The van der Waals surface area contributed by atoms with Crippen molar-refractivity contribution in [3.63, 3.8) is 0 Å². The first-order chi connectivity index (χ1) is 8.74. The minimum atomic E-state index is 0.0104. The highest BCUT2D eigenvalue weighted by Gasteiger charge is 2.25. The number of nitrogens with two attached hydrogens (primary N) is 1. The molecule has 0 radical (unpaired) electrons. The van der Waals surface area contributed by atoms with E-state index in [0.29, 0.717) is 30.8 Å². The summed E-state index contributed by atoms with van der Waals surface area (Å²) in [6, 6.07) is 9.40. The summed E-state index contributed by atoms with van der Waals surface area (Å²) < 4.78 is 5.29. The molecule has 0 bridgehead atoms. The lowest BCUT2D eigenvalue weighted by atomic mass is 10.1. The minimum Gasteiger partial charge on any atom is -0.427 e. The number of anilines is 1. The average Bonchev–Trinajstić information content (AvgIpc) is 2.78. The van der Waals surface area contributed by atoms with E-state index in [-0.39, 0.29) is 11.9 Å². The molecule has 92 valence electrons. The Morgan fingerprint density at radius 3 is 2.89 bits per heavy atom. The highest BCUT2D eigenvalue weighted by Crippen LogP contribution is 2.22. The van der Waals surface area contributed by atoms with E-state index in [1.54, 1.807) is 4.90 Å². The van der Waals surface area contributed by atoms with Crippen molar-refractivity contribution in [1.82, 2.24) is 9.88 Å². The number of nitrogen functional groups attached to an aromatic ring is 1. The first kappa shape index (κ1) is 10.8. The number of carbonyl (C=O) groups excluding carboxylic acids is 1. The number of hydrogen-bond donors (Lipinski definition) is 1. The van der Waals surface area contributed by atoms with Crippen molar-refractivity contribution in [3.05, 3.63) is 47.3 Å². The van der Waals surface area contributed by atoms with E-state index in [0.717, 1.165) is 5.69 Å². The van der Waals surface area contributed by atoms with E-state index < -0.39 is 0 Å². The standard InChI is InChI=1S/C13H13N3O2/c14-13-15-10-6-7-16(8-11(10)18-13)12(17)9-4-2-1-3-5-9/h1-5H,6-8H2,(H2,14,15). The third-order valence-corrected chi connectivity index (χ3v) is 3.06. The van der Waals surface area contributed by atoms with Gasteiger partial charge in [-0.2, -0.15) is 4.98 Å². The molecule has 0 spiro atoms. The van der Waals surface area contributed by atoms with E-state index in [1.807, 2.05) is 30.3 Å². The van der Waals surface area contributed by atoms with Gasteiger partial charge >= 0.3 is 0 Å². The molecule has 2 heterocycles. The third-order valence-electron chi connectivity index (χ3n) is 3.06. The van der Waals surface area contributed by atoms with Crippen LogP contribution in [0, 0.1) is 0 Å². The third kappa shape index (κ3) is 1.84. The first-order valence-electron chi connectivity index (χ1n) is 5.82. The second-order valence-electron chi connectivity index (χ2n) is 4.26. The van der Waals surface area contributed by atoms with E-state index >= 15 is 0 Å². The van der Waals surface area contributed by atoms with Gasteiger partial charge < -0.3 is 15.1 Å². The fourth-order valence-electron chi connectivity index (χ4n) is 2.15. The number of benzene rings is 1. The van der Waals surface area contributed by atoms with Gasteiger partial charge in [-0.3, -0.25) is 4.79 Å². The van der Waals surface area contributed by atoms with Crippen LogP contribution >= 0.6 is 0 Å². The molecular weight excluding hydrogens is 230 g/mol. The van der Waals surface area contributed by atoms with Crippen molar-refractivity contribution in [2.24, 2.45) is 0 Å². The van der Waals surface area contributed by atoms with Gasteiger partial charge in [0.2, 0.25) is 0 Å². The second-order valence-corrected chi connectivity index (χ2v) is 4.26. The molecule has 0 atom stereocenters. The molecule has 5 heteroatoms. The van der Waals surface area contributed by atoms with Crippen molar-refractivity contribution in [1.29, 1.82) is 0 Å². The molecule has 0 unspecified atom stereocenters. The largest absolute Gasteiger partial charge is 0.427 e. The molecule has 2 N–H and O–H groups in total. The van der Waals surface area contributed by atoms with Crippen LogP contribution in [-0.2, 0) is 13.0 Å². The molecular formula is C13H13N3O2. The van der Waals surface area contributed by atoms with Crippen molar-refractivity contribution < 1.29 is 9.21 Å². The number of hydrogen-bond acceptors (Lipinski definition) is 4. The van der Waals surface area contributed by atoms with Crippen LogP contribution in [0.4, 0.5) is 6.01 Å². The van der Waals surface area contributed by atoms with Gasteiger partial charge in [-0.15, -0.1) is 0 Å². The maximum absolute atomic E-state index is 12.2. The normalized spacial score (nSPS) is 14.3. The quantitative estimate of drug-likeness (QED) is 0.822. The van der Waals surface area contributed by atoms with Crippen molar-refractivity contribution in [2.75, 3.05) is 12.3 Å². The molecule has 1 aliphatic rings. The van der Waals surface area contributed by atoms with Gasteiger partial charge in [0.15, 0.2) is 0 Å². The number of rotatable bonds is 1. The Morgan fingerprint density at radius 1 is 1.33 bits per heavy atom. The summed E-state index contributed by atoms with van der Waals surface area (Å²) in [5.74, 6) is 0.708. The smallest absolute Gasteiger partial charge is 0.292 e. The molecule has 3 rings (SSSR count). The topological polar surface area (TPSA) is 72.4 Å². The molecule has 0 fully saturated rings. The molecule has 18 heavy (non-hydrogen) atoms. The molecule has 1 aromatic carbocycles. The van der Waals surface area contributed by atoms with Crippen LogP contribution in [0.1, 0.15) is 21.8 Å². The highest BCUT2D eigenvalue weighted by molar-refractivity contribution is 5.94. The molecule has 5 nitrogen and oxygen atoms in total. The van der Waals surface area contributed by atoms with Gasteiger partial charge in [-0.05, 0) is 12.1 Å². The summed E-state index contributed by atoms with van der Waals surface area (Å²) in [4.78, 5) is 18.1. The van der Waals surface area contributed by atoms with Gasteiger partial charge in [0, 0.05) is 18.5 Å². The molecule has 1 aliphatic heterocycles. The Balaban J connectivity index is 1.82. The molecule has 0 saturated carbocycles.